The van der Waals surface area contributed by atoms with Crippen LogP contribution in [0.3, 0.4) is 0 Å². The van der Waals surface area contributed by atoms with E-state index in [-0.39, 0.29) is 0 Å². The Morgan fingerprint density at radius 1 is 0.438 bits per heavy atom. The molecule has 0 radical (unpaired) electrons. The summed E-state index contributed by atoms with van der Waals surface area (Å²) in [5.74, 6) is 0.730. The Balaban J connectivity index is 1.15. The molecule has 0 N–H and O–H groups in total. The van der Waals surface area contributed by atoms with Gasteiger partial charge in [0.15, 0.2) is 5.82 Å². The fourth-order valence-corrected chi connectivity index (χ4v) is 8.99. The van der Waals surface area contributed by atoms with Crippen LogP contribution < -0.4 is 0 Å². The molecule has 4 aromatic heterocycles. The van der Waals surface area contributed by atoms with E-state index in [0.717, 1.165) is 33.9 Å². The van der Waals surface area contributed by atoms with Crippen LogP contribution in [0, 0.1) is 0 Å². The molecule has 0 aliphatic rings. The Kier molecular flexibility index (Phi) is 5.26. The van der Waals surface area contributed by atoms with Crippen LogP contribution in [0.15, 0.2) is 152 Å². The van der Waals surface area contributed by atoms with Gasteiger partial charge >= 0.3 is 0 Å². The van der Waals surface area contributed by atoms with Gasteiger partial charge in [-0.2, -0.15) is 0 Å². The van der Waals surface area contributed by atoms with Gasteiger partial charge in [-0.05, 0) is 57.9 Å². The lowest BCUT2D eigenvalue weighted by molar-refractivity contribution is 1.18. The van der Waals surface area contributed by atoms with Crippen LogP contribution in [-0.2, 0) is 0 Å². The summed E-state index contributed by atoms with van der Waals surface area (Å²) in [6.45, 7) is 0. The molecule has 0 spiro atoms. The molecule has 0 bridgehead atoms. The zero-order valence-electron chi connectivity index (χ0n) is 25.7. The Bertz CT molecular complexity index is 2990. The van der Waals surface area contributed by atoms with E-state index in [0.29, 0.717) is 0 Å². The second kappa shape index (κ2) is 9.71. The number of hydrogen-bond acceptors (Lipinski definition) is 3. The molecule has 0 unspecified atom stereocenters. The number of para-hydroxylation sites is 1. The molecule has 11 aromatic rings. The van der Waals surface area contributed by atoms with Gasteiger partial charge in [-0.25, -0.2) is 9.97 Å². The second-order valence-corrected chi connectivity index (χ2v) is 13.6. The number of nitrogens with zero attached hydrogens (tertiary/aromatic N) is 3. The number of rotatable bonds is 3. The molecule has 48 heavy (non-hydrogen) atoms. The minimum atomic E-state index is 0.730. The summed E-state index contributed by atoms with van der Waals surface area (Å²) in [6, 6.07) is 54.3. The van der Waals surface area contributed by atoms with Crippen molar-refractivity contribution in [2.45, 2.75) is 0 Å². The topological polar surface area (TPSA) is 30.2 Å². The molecule has 3 nitrogen and oxygen atoms in total. The molecule has 4 heteroatoms. The van der Waals surface area contributed by atoms with Gasteiger partial charge in [-0.1, -0.05) is 115 Å². The first-order valence-corrected chi connectivity index (χ1v) is 17.1. The maximum absolute atomic E-state index is 5.09. The molecular weight excluding hydrogens is 603 g/mol. The molecule has 0 aliphatic carbocycles. The van der Waals surface area contributed by atoms with E-state index >= 15 is 0 Å². The highest BCUT2D eigenvalue weighted by Gasteiger charge is 2.23. The van der Waals surface area contributed by atoms with E-state index in [1.165, 1.54) is 69.0 Å². The quantitative estimate of drug-likeness (QED) is 0.195. The van der Waals surface area contributed by atoms with Gasteiger partial charge in [0.25, 0.3) is 0 Å². The fourth-order valence-electron chi connectivity index (χ4n) is 7.72. The Morgan fingerprint density at radius 2 is 1.10 bits per heavy atom. The first-order chi connectivity index (χ1) is 23.8. The van der Waals surface area contributed by atoms with E-state index in [2.05, 4.69) is 144 Å². The molecule has 7 aromatic carbocycles. The Morgan fingerprint density at radius 3 is 1.88 bits per heavy atom. The van der Waals surface area contributed by atoms with E-state index in [1.807, 2.05) is 23.5 Å². The van der Waals surface area contributed by atoms with Crippen LogP contribution >= 0.6 is 11.3 Å². The van der Waals surface area contributed by atoms with Gasteiger partial charge in [0, 0.05) is 48.3 Å². The number of fused-ring (bicyclic) bond motifs is 11. The van der Waals surface area contributed by atoms with Gasteiger partial charge in [0.2, 0.25) is 0 Å². The lowest BCUT2D eigenvalue weighted by atomic mass is 9.99. The smallest absolute Gasteiger partial charge is 0.160 e. The summed E-state index contributed by atoms with van der Waals surface area (Å²) in [5.41, 5.74) is 7.60. The Hall–Kier alpha value is -6.10. The van der Waals surface area contributed by atoms with E-state index < -0.39 is 0 Å². The first kappa shape index (κ1) is 26.0. The highest BCUT2D eigenvalue weighted by atomic mass is 32.1. The van der Waals surface area contributed by atoms with E-state index in [9.17, 15) is 0 Å². The molecule has 0 amide bonds. The molecule has 0 saturated carbocycles. The maximum Gasteiger partial charge on any atom is 0.160 e. The van der Waals surface area contributed by atoms with Crippen LogP contribution in [0.1, 0.15) is 0 Å². The molecule has 0 saturated heterocycles. The van der Waals surface area contributed by atoms with Crippen molar-refractivity contribution >= 4 is 80.4 Å². The molecule has 0 fully saturated rings. The monoisotopic (exact) mass is 627 g/mol. The normalized spacial score (nSPS) is 12.2. The van der Waals surface area contributed by atoms with Crippen molar-refractivity contribution in [3.05, 3.63) is 152 Å². The van der Waals surface area contributed by atoms with Crippen LogP contribution in [0.5, 0.6) is 0 Å². The van der Waals surface area contributed by atoms with Crippen LogP contribution in [0.25, 0.3) is 103 Å². The average Bonchev–Trinajstić information content (AvgIpc) is 3.79. The van der Waals surface area contributed by atoms with Gasteiger partial charge in [-0.3, -0.25) is 4.40 Å². The van der Waals surface area contributed by atoms with Crippen molar-refractivity contribution < 1.29 is 0 Å². The number of aromatic nitrogens is 3. The molecule has 0 atom stereocenters. The summed E-state index contributed by atoms with van der Waals surface area (Å²) in [5, 5.41) is 11.7. The van der Waals surface area contributed by atoms with Crippen molar-refractivity contribution in [2.24, 2.45) is 0 Å². The van der Waals surface area contributed by atoms with E-state index in [1.54, 1.807) is 0 Å². The highest BCUT2D eigenvalue weighted by molar-refractivity contribution is 7.26. The highest BCUT2D eigenvalue weighted by Crippen LogP contribution is 2.48. The zero-order valence-corrected chi connectivity index (χ0v) is 26.5. The summed E-state index contributed by atoms with van der Waals surface area (Å²) < 4.78 is 3.80. The van der Waals surface area contributed by atoms with Crippen LogP contribution in [-0.4, -0.2) is 14.4 Å². The molecule has 0 aliphatic heterocycles. The summed E-state index contributed by atoms with van der Waals surface area (Å²) >= 11 is 1.89. The fraction of sp³-hybridized carbons (Fsp3) is 0. The maximum atomic E-state index is 5.09. The third kappa shape index (κ3) is 3.63. The Labute approximate surface area is 279 Å². The lowest BCUT2D eigenvalue weighted by Gasteiger charge is -2.10. The SMILES string of the molecule is c1ccc(-c2cc(-c3ccccc3)nc(-c3ccc4cc5c(cc4c3)sc3c5c4cc5ccccc5c5c6ccccc6n3c45)n2)cc1. The average molecular weight is 628 g/mol. The molecule has 4 heterocycles. The summed E-state index contributed by atoms with van der Waals surface area (Å²) in [6.07, 6.45) is 0. The third-order valence-corrected chi connectivity index (χ3v) is 11.0. The van der Waals surface area contributed by atoms with Gasteiger partial charge in [0.1, 0.15) is 4.83 Å². The first-order valence-electron chi connectivity index (χ1n) is 16.2. The zero-order chi connectivity index (χ0) is 31.3. The minimum Gasteiger partial charge on any atom is -0.299 e. The van der Waals surface area contributed by atoms with Crippen molar-refractivity contribution in [3.63, 3.8) is 0 Å². The largest absolute Gasteiger partial charge is 0.299 e. The minimum absolute atomic E-state index is 0.730. The van der Waals surface area contributed by atoms with Crippen LogP contribution in [0.2, 0.25) is 0 Å². The number of benzene rings is 7. The van der Waals surface area contributed by atoms with Gasteiger partial charge in [-0.15, -0.1) is 11.3 Å². The van der Waals surface area contributed by atoms with Crippen molar-refractivity contribution in [2.75, 3.05) is 0 Å². The second-order valence-electron chi connectivity index (χ2n) is 12.6. The molecule has 11 rings (SSSR count). The molecular formula is C44H25N3S. The van der Waals surface area contributed by atoms with Crippen molar-refractivity contribution in [3.8, 4) is 33.9 Å². The van der Waals surface area contributed by atoms with Crippen molar-refractivity contribution in [1.29, 1.82) is 0 Å². The van der Waals surface area contributed by atoms with Gasteiger partial charge < -0.3 is 0 Å². The van der Waals surface area contributed by atoms with Gasteiger partial charge in [0.05, 0.1) is 22.4 Å². The number of thiophene rings is 1. The predicted molar refractivity (Wildman–Crippen MR) is 203 cm³/mol. The summed E-state index contributed by atoms with van der Waals surface area (Å²) in [7, 11) is 0. The van der Waals surface area contributed by atoms with Crippen molar-refractivity contribution in [1.82, 2.24) is 14.4 Å². The predicted octanol–water partition coefficient (Wildman–Crippen LogP) is 12.1. The van der Waals surface area contributed by atoms with Crippen LogP contribution in [0.4, 0.5) is 0 Å². The third-order valence-electron chi connectivity index (χ3n) is 9.88. The lowest BCUT2D eigenvalue weighted by Crippen LogP contribution is -1.95. The van der Waals surface area contributed by atoms with E-state index in [4.69, 9.17) is 9.97 Å². The molecule has 222 valence electrons. The number of hydrogen-bond donors (Lipinski definition) is 0. The standard InChI is InChI=1S/C44H25N3S/c1-3-11-26(12-4-1)36-25-37(27-13-5-2-6-14-27)46-43(45-36)30-20-19-28-22-34-39(24-31(28)21-30)48-44-41(34)35-23-29-15-7-8-16-32(29)40-33-17-9-10-18-38(33)47(44)42(35)40/h1-25H. The summed E-state index contributed by atoms with van der Waals surface area (Å²) in [4.78, 5) is 11.5.